The molecule has 1 aromatic carbocycles. The largest absolute Gasteiger partial charge is 0.379 e. The van der Waals surface area contributed by atoms with Crippen molar-refractivity contribution in [2.75, 3.05) is 44.3 Å². The Labute approximate surface area is 209 Å². The van der Waals surface area contributed by atoms with Crippen molar-refractivity contribution in [3.05, 3.63) is 51.2 Å². The smallest absolute Gasteiger partial charge is 0.332 e. The van der Waals surface area contributed by atoms with Crippen molar-refractivity contribution in [3.63, 3.8) is 0 Å². The molecule has 5 rings (SSSR count). The first-order valence-corrected chi connectivity index (χ1v) is 12.4. The summed E-state index contributed by atoms with van der Waals surface area (Å²) in [4.78, 5) is 51.1. The Balaban J connectivity index is 1.45. The van der Waals surface area contributed by atoms with Crippen LogP contribution in [0.3, 0.4) is 0 Å². The lowest BCUT2D eigenvalue weighted by Gasteiger charge is -2.27. The van der Waals surface area contributed by atoms with Gasteiger partial charge in [0.15, 0.2) is 16.3 Å². The number of thiazole rings is 1. The van der Waals surface area contributed by atoms with Gasteiger partial charge in [-0.15, -0.1) is 0 Å². The number of halogens is 1. The molecule has 1 aliphatic heterocycles. The van der Waals surface area contributed by atoms with E-state index in [4.69, 9.17) is 4.74 Å². The van der Waals surface area contributed by atoms with Crippen LogP contribution in [-0.2, 0) is 30.2 Å². The SMILES string of the molecule is Cn1c(=O)c2c(ncn2CC(=O)N(CCCN2CCOCC2)c2nc3c(F)cccc3s2)n(C)c1=O. The average molecular weight is 516 g/mol. The van der Waals surface area contributed by atoms with Crippen LogP contribution in [0, 0.1) is 5.82 Å². The highest BCUT2D eigenvalue weighted by Crippen LogP contribution is 2.30. The van der Waals surface area contributed by atoms with Gasteiger partial charge in [0.2, 0.25) is 5.91 Å². The second-order valence-electron chi connectivity index (χ2n) is 8.69. The molecule has 0 aliphatic carbocycles. The van der Waals surface area contributed by atoms with E-state index in [2.05, 4.69) is 14.9 Å². The number of carbonyl (C=O) groups is 1. The van der Waals surface area contributed by atoms with E-state index in [1.165, 1.54) is 47.0 Å². The Morgan fingerprint density at radius 3 is 2.72 bits per heavy atom. The van der Waals surface area contributed by atoms with E-state index < -0.39 is 17.1 Å². The standard InChI is InChI=1S/C23H26FN7O4S/c1-27-20-19(21(33)28(2)23(27)34)30(14-25-20)13-17(32)31(8-4-7-29-9-11-35-12-10-29)22-26-18-15(24)5-3-6-16(18)36-22/h3,5-6,14H,4,7-13H2,1-2H3. The van der Waals surface area contributed by atoms with Crippen LogP contribution in [0.5, 0.6) is 0 Å². The van der Waals surface area contributed by atoms with Crippen molar-refractivity contribution in [2.45, 2.75) is 13.0 Å². The monoisotopic (exact) mass is 515 g/mol. The van der Waals surface area contributed by atoms with Crippen molar-refractivity contribution in [1.29, 1.82) is 0 Å². The predicted molar refractivity (Wildman–Crippen MR) is 134 cm³/mol. The number of aryl methyl sites for hydroxylation is 1. The molecular formula is C23H26FN7O4S. The lowest BCUT2D eigenvalue weighted by atomic mass is 10.3. The van der Waals surface area contributed by atoms with Crippen LogP contribution in [-0.4, -0.2) is 73.9 Å². The molecule has 1 fully saturated rings. The maximum absolute atomic E-state index is 14.3. The maximum atomic E-state index is 14.3. The first kappa shape index (κ1) is 24.3. The molecule has 11 nitrogen and oxygen atoms in total. The number of rotatable bonds is 7. The van der Waals surface area contributed by atoms with E-state index in [0.717, 1.165) is 24.2 Å². The lowest BCUT2D eigenvalue weighted by Crippen LogP contribution is -2.40. The molecule has 1 saturated heterocycles. The van der Waals surface area contributed by atoms with E-state index in [1.54, 1.807) is 17.0 Å². The Morgan fingerprint density at radius 2 is 1.97 bits per heavy atom. The van der Waals surface area contributed by atoms with E-state index in [1.807, 2.05) is 0 Å². The fourth-order valence-electron chi connectivity index (χ4n) is 4.37. The molecule has 0 radical (unpaired) electrons. The summed E-state index contributed by atoms with van der Waals surface area (Å²) in [6.45, 7) is 4.02. The number of morpholine rings is 1. The molecule has 36 heavy (non-hydrogen) atoms. The van der Waals surface area contributed by atoms with Gasteiger partial charge >= 0.3 is 5.69 Å². The van der Waals surface area contributed by atoms with Crippen molar-refractivity contribution in [2.24, 2.45) is 14.1 Å². The first-order chi connectivity index (χ1) is 17.3. The fraction of sp³-hybridized carbons (Fsp3) is 0.435. The number of hydrogen-bond acceptors (Lipinski definition) is 8. The number of ether oxygens (including phenoxy) is 1. The first-order valence-electron chi connectivity index (χ1n) is 11.6. The normalized spacial score (nSPS) is 14.6. The molecule has 0 spiro atoms. The minimum absolute atomic E-state index is 0.163. The molecule has 4 heterocycles. The molecular weight excluding hydrogens is 489 g/mol. The third-order valence-electron chi connectivity index (χ3n) is 6.37. The molecule has 0 atom stereocenters. The number of imidazole rings is 1. The second-order valence-corrected chi connectivity index (χ2v) is 9.70. The minimum atomic E-state index is -0.528. The Kier molecular flexibility index (Phi) is 6.69. The number of benzene rings is 1. The molecule has 4 aromatic rings. The van der Waals surface area contributed by atoms with Crippen LogP contribution in [0.2, 0.25) is 0 Å². The van der Waals surface area contributed by atoms with Gasteiger partial charge in [-0.25, -0.2) is 19.2 Å². The highest BCUT2D eigenvalue weighted by molar-refractivity contribution is 7.22. The summed E-state index contributed by atoms with van der Waals surface area (Å²) in [5.74, 6) is -0.757. The number of anilines is 1. The molecule has 0 unspecified atom stereocenters. The van der Waals surface area contributed by atoms with Crippen LogP contribution in [0.15, 0.2) is 34.1 Å². The van der Waals surface area contributed by atoms with Gasteiger partial charge in [-0.05, 0) is 18.6 Å². The van der Waals surface area contributed by atoms with Crippen molar-refractivity contribution in [3.8, 4) is 0 Å². The van der Waals surface area contributed by atoms with Gasteiger partial charge in [-0.2, -0.15) is 0 Å². The third kappa shape index (κ3) is 4.45. The predicted octanol–water partition coefficient (Wildman–Crippen LogP) is 0.938. The molecule has 190 valence electrons. The maximum Gasteiger partial charge on any atom is 0.332 e. The molecule has 0 saturated carbocycles. The summed E-state index contributed by atoms with van der Waals surface area (Å²) < 4.78 is 24.1. The lowest BCUT2D eigenvalue weighted by molar-refractivity contribution is -0.119. The average Bonchev–Trinajstić information content (AvgIpc) is 3.50. The van der Waals surface area contributed by atoms with Crippen LogP contribution in [0.1, 0.15) is 6.42 Å². The van der Waals surface area contributed by atoms with Gasteiger partial charge in [-0.1, -0.05) is 17.4 Å². The summed E-state index contributed by atoms with van der Waals surface area (Å²) in [7, 11) is 2.91. The zero-order valence-electron chi connectivity index (χ0n) is 20.0. The highest BCUT2D eigenvalue weighted by atomic mass is 32.1. The summed E-state index contributed by atoms with van der Waals surface area (Å²) in [6.07, 6.45) is 2.07. The number of para-hydroxylation sites is 1. The van der Waals surface area contributed by atoms with Gasteiger partial charge in [-0.3, -0.25) is 28.5 Å². The molecule has 1 amide bonds. The van der Waals surface area contributed by atoms with E-state index in [0.29, 0.717) is 36.0 Å². The van der Waals surface area contributed by atoms with E-state index >= 15 is 0 Å². The highest BCUT2D eigenvalue weighted by Gasteiger charge is 2.23. The summed E-state index contributed by atoms with van der Waals surface area (Å²) in [5.41, 5.74) is -0.432. The quantitative estimate of drug-likeness (QED) is 0.361. The van der Waals surface area contributed by atoms with Gasteiger partial charge < -0.3 is 9.30 Å². The van der Waals surface area contributed by atoms with E-state index in [-0.39, 0.29) is 29.1 Å². The fourth-order valence-corrected chi connectivity index (χ4v) is 5.39. The molecule has 3 aromatic heterocycles. The number of aromatic nitrogens is 5. The number of carbonyl (C=O) groups excluding carboxylic acids is 1. The Bertz CT molecular complexity index is 1550. The van der Waals surface area contributed by atoms with Crippen LogP contribution < -0.4 is 16.1 Å². The van der Waals surface area contributed by atoms with Gasteiger partial charge in [0.25, 0.3) is 5.56 Å². The Morgan fingerprint density at radius 1 is 1.19 bits per heavy atom. The number of fused-ring (bicyclic) bond motifs is 2. The van der Waals surface area contributed by atoms with Gasteiger partial charge in [0.05, 0.1) is 24.2 Å². The zero-order valence-corrected chi connectivity index (χ0v) is 20.8. The van der Waals surface area contributed by atoms with Crippen LogP contribution in [0.25, 0.3) is 21.4 Å². The van der Waals surface area contributed by atoms with Crippen LogP contribution >= 0.6 is 11.3 Å². The molecule has 0 bridgehead atoms. The number of amides is 1. The van der Waals surface area contributed by atoms with Crippen molar-refractivity contribution in [1.82, 2.24) is 28.6 Å². The Hall–Kier alpha value is -3.42. The summed E-state index contributed by atoms with van der Waals surface area (Å²) in [5, 5.41) is 0.395. The summed E-state index contributed by atoms with van der Waals surface area (Å²) >= 11 is 1.24. The summed E-state index contributed by atoms with van der Waals surface area (Å²) in [6, 6.07) is 4.72. The van der Waals surface area contributed by atoms with Gasteiger partial charge in [0.1, 0.15) is 17.9 Å². The second kappa shape index (κ2) is 9.91. The van der Waals surface area contributed by atoms with Crippen LogP contribution in [0.4, 0.5) is 9.52 Å². The number of hydrogen-bond donors (Lipinski definition) is 0. The zero-order chi connectivity index (χ0) is 25.4. The van der Waals surface area contributed by atoms with Crippen molar-refractivity contribution < 1.29 is 13.9 Å². The van der Waals surface area contributed by atoms with Crippen molar-refractivity contribution >= 4 is 43.8 Å². The van der Waals surface area contributed by atoms with E-state index in [9.17, 15) is 18.8 Å². The molecule has 0 N–H and O–H groups in total. The minimum Gasteiger partial charge on any atom is -0.379 e. The topological polar surface area (TPSA) is 107 Å². The number of nitrogens with zero attached hydrogens (tertiary/aromatic N) is 7. The third-order valence-corrected chi connectivity index (χ3v) is 7.42. The van der Waals surface area contributed by atoms with Gasteiger partial charge in [0, 0.05) is 40.3 Å². The molecule has 1 aliphatic rings. The molecule has 13 heteroatoms.